The van der Waals surface area contributed by atoms with Crippen molar-refractivity contribution in [1.82, 2.24) is 4.57 Å². The molecule has 0 spiro atoms. The summed E-state index contributed by atoms with van der Waals surface area (Å²) in [6, 6.07) is 83.5. The third-order valence-corrected chi connectivity index (χ3v) is 14.0. The van der Waals surface area contributed by atoms with Gasteiger partial charge in [-0.25, -0.2) is 0 Å². The molecule has 0 saturated heterocycles. The smallest absolute Gasteiger partial charge is 0.143 e. The van der Waals surface area contributed by atoms with Gasteiger partial charge in [-0.3, -0.25) is 0 Å². The molecule has 0 bridgehead atoms. The predicted molar refractivity (Wildman–Crippen MR) is 272 cm³/mol. The van der Waals surface area contributed by atoms with Crippen LogP contribution in [-0.2, 0) is 0 Å². The molecule has 0 amide bonds. The van der Waals surface area contributed by atoms with Gasteiger partial charge in [-0.1, -0.05) is 176 Å². The lowest BCUT2D eigenvalue weighted by Crippen LogP contribution is -2.13. The molecular weight excluding hydrogens is 797 g/mol. The van der Waals surface area contributed by atoms with E-state index in [9.17, 15) is 0 Å². The summed E-state index contributed by atoms with van der Waals surface area (Å²) in [6.07, 6.45) is 0. The molecule has 0 aliphatic heterocycles. The van der Waals surface area contributed by atoms with E-state index >= 15 is 0 Å². The highest BCUT2D eigenvalue weighted by Crippen LogP contribution is 2.52. The van der Waals surface area contributed by atoms with Crippen LogP contribution < -0.4 is 4.90 Å². The summed E-state index contributed by atoms with van der Waals surface area (Å²) < 4.78 is 11.7. The van der Waals surface area contributed by atoms with E-state index in [2.05, 4.69) is 234 Å². The molecular formula is C60H38N2OS. The van der Waals surface area contributed by atoms with Crippen molar-refractivity contribution in [3.8, 4) is 39.1 Å². The van der Waals surface area contributed by atoms with Gasteiger partial charge in [-0.05, 0) is 65.7 Å². The van der Waals surface area contributed by atoms with Crippen LogP contribution in [0, 0.1) is 0 Å². The molecule has 0 fully saturated rings. The zero-order chi connectivity index (χ0) is 42.1. The van der Waals surface area contributed by atoms with E-state index in [0.29, 0.717) is 0 Å². The van der Waals surface area contributed by atoms with Crippen LogP contribution in [0.25, 0.3) is 103 Å². The van der Waals surface area contributed by atoms with Crippen LogP contribution in [0.3, 0.4) is 0 Å². The first-order valence-electron chi connectivity index (χ1n) is 21.8. The second-order valence-electron chi connectivity index (χ2n) is 16.4. The van der Waals surface area contributed by atoms with Gasteiger partial charge in [0, 0.05) is 69.7 Å². The summed E-state index contributed by atoms with van der Waals surface area (Å²) in [5.41, 5.74) is 15.3. The largest absolute Gasteiger partial charge is 0.455 e. The summed E-state index contributed by atoms with van der Waals surface area (Å²) in [6.45, 7) is 0. The molecule has 0 N–H and O–H groups in total. The van der Waals surface area contributed by atoms with Gasteiger partial charge in [0.1, 0.15) is 11.2 Å². The highest BCUT2D eigenvalue weighted by atomic mass is 32.1. The highest BCUT2D eigenvalue weighted by molar-refractivity contribution is 7.26. The Labute approximate surface area is 373 Å². The van der Waals surface area contributed by atoms with Gasteiger partial charge in [0.05, 0.1) is 28.1 Å². The van der Waals surface area contributed by atoms with Gasteiger partial charge in [0.15, 0.2) is 0 Å². The van der Waals surface area contributed by atoms with Crippen LogP contribution in [-0.4, -0.2) is 4.57 Å². The Bertz CT molecular complexity index is 3860. The zero-order valence-corrected chi connectivity index (χ0v) is 35.5. The van der Waals surface area contributed by atoms with Gasteiger partial charge in [-0.2, -0.15) is 0 Å². The van der Waals surface area contributed by atoms with E-state index in [0.717, 1.165) is 61.4 Å². The molecule has 0 radical (unpaired) electrons. The van der Waals surface area contributed by atoms with E-state index in [1.807, 2.05) is 17.4 Å². The summed E-state index contributed by atoms with van der Waals surface area (Å²) in [5, 5.41) is 7.21. The maximum atomic E-state index is 6.74. The number of rotatable bonds is 7. The molecule has 3 aromatic heterocycles. The minimum Gasteiger partial charge on any atom is -0.455 e. The fourth-order valence-electron chi connectivity index (χ4n) is 9.98. The van der Waals surface area contributed by atoms with E-state index in [1.165, 1.54) is 58.7 Å². The Morgan fingerprint density at radius 1 is 0.375 bits per heavy atom. The van der Waals surface area contributed by atoms with Gasteiger partial charge >= 0.3 is 0 Å². The Kier molecular flexibility index (Phi) is 8.40. The Morgan fingerprint density at radius 2 is 0.969 bits per heavy atom. The number of anilines is 3. The van der Waals surface area contributed by atoms with Crippen molar-refractivity contribution in [2.75, 3.05) is 4.90 Å². The van der Waals surface area contributed by atoms with Crippen LogP contribution in [0.4, 0.5) is 17.1 Å². The molecule has 10 aromatic carbocycles. The highest BCUT2D eigenvalue weighted by Gasteiger charge is 2.27. The lowest BCUT2D eigenvalue weighted by molar-refractivity contribution is 0.670. The van der Waals surface area contributed by atoms with Crippen LogP contribution in [0.1, 0.15) is 0 Å². The molecule has 0 aliphatic carbocycles. The minimum atomic E-state index is 0.882. The standard InChI is InChI=1S/C60H38N2OS/c1-2-17-39(18-3-1)40-33-35-41(36-34-40)61(51-27-10-6-21-44(51)47-25-16-26-48-45-22-8-14-31-56(45)63-59(47)48)55-38-37-49-46-23-9-15-32-57(46)64-60(49)58(55)50-24-7-13-30-54(50)62-52-28-11-4-19-42(52)43-20-5-12-29-53(43)62/h1-38H. The molecule has 0 atom stereocenters. The molecule has 0 unspecified atom stereocenters. The van der Waals surface area contributed by atoms with Crippen molar-refractivity contribution in [3.05, 3.63) is 231 Å². The number of hydrogen-bond acceptors (Lipinski definition) is 3. The zero-order valence-electron chi connectivity index (χ0n) is 34.7. The van der Waals surface area contributed by atoms with Crippen molar-refractivity contribution < 1.29 is 4.42 Å². The van der Waals surface area contributed by atoms with E-state index in [-0.39, 0.29) is 0 Å². The van der Waals surface area contributed by atoms with Gasteiger partial charge in [0.2, 0.25) is 0 Å². The number of hydrogen-bond donors (Lipinski definition) is 0. The number of nitrogens with zero attached hydrogens (tertiary/aromatic N) is 2. The summed E-state index contributed by atoms with van der Waals surface area (Å²) in [5.74, 6) is 0. The average Bonchev–Trinajstić information content (AvgIpc) is 4.05. The van der Waals surface area contributed by atoms with Crippen molar-refractivity contribution in [1.29, 1.82) is 0 Å². The van der Waals surface area contributed by atoms with Crippen molar-refractivity contribution in [3.63, 3.8) is 0 Å². The molecule has 0 saturated carbocycles. The van der Waals surface area contributed by atoms with Crippen molar-refractivity contribution in [2.45, 2.75) is 0 Å². The van der Waals surface area contributed by atoms with Crippen LogP contribution in [0.15, 0.2) is 235 Å². The quantitative estimate of drug-likeness (QED) is 0.159. The molecule has 64 heavy (non-hydrogen) atoms. The first kappa shape index (κ1) is 36.5. The molecule has 300 valence electrons. The summed E-state index contributed by atoms with van der Waals surface area (Å²) in [7, 11) is 0. The molecule has 0 aliphatic rings. The number of para-hydroxylation sites is 6. The molecule has 13 aromatic rings. The topological polar surface area (TPSA) is 21.3 Å². The molecule has 4 heteroatoms. The second kappa shape index (κ2) is 14.7. The maximum absolute atomic E-state index is 6.74. The fourth-order valence-corrected chi connectivity index (χ4v) is 11.2. The molecule has 13 rings (SSSR count). The Morgan fingerprint density at radius 3 is 1.77 bits per heavy atom. The van der Waals surface area contributed by atoms with Crippen molar-refractivity contribution >= 4 is 92.3 Å². The average molecular weight is 835 g/mol. The number of aromatic nitrogens is 1. The predicted octanol–water partition coefficient (Wildman–Crippen LogP) is 17.5. The maximum Gasteiger partial charge on any atom is 0.143 e. The van der Waals surface area contributed by atoms with E-state index in [1.54, 1.807) is 0 Å². The first-order chi connectivity index (χ1) is 31.8. The van der Waals surface area contributed by atoms with Crippen LogP contribution in [0.5, 0.6) is 0 Å². The minimum absolute atomic E-state index is 0.882. The second-order valence-corrected chi connectivity index (χ2v) is 17.4. The number of fused-ring (bicyclic) bond motifs is 9. The summed E-state index contributed by atoms with van der Waals surface area (Å²) >= 11 is 1.87. The monoisotopic (exact) mass is 834 g/mol. The Balaban J connectivity index is 1.13. The number of benzene rings is 10. The van der Waals surface area contributed by atoms with Crippen LogP contribution >= 0.6 is 11.3 Å². The SMILES string of the molecule is c1ccc(-c2ccc(N(c3ccccc3-c3cccc4c3oc3ccccc34)c3ccc4c(sc5ccccc54)c3-c3ccccc3-n3c4ccccc4c4ccccc43)cc2)cc1. The van der Waals surface area contributed by atoms with Crippen LogP contribution in [0.2, 0.25) is 0 Å². The van der Waals surface area contributed by atoms with Gasteiger partial charge < -0.3 is 13.9 Å². The first-order valence-corrected chi connectivity index (χ1v) is 22.6. The summed E-state index contributed by atoms with van der Waals surface area (Å²) in [4.78, 5) is 2.48. The number of thiophene rings is 1. The fraction of sp³-hybridized carbons (Fsp3) is 0. The Hall–Kier alpha value is -8.18. The normalized spacial score (nSPS) is 11.8. The van der Waals surface area contributed by atoms with E-state index in [4.69, 9.17) is 4.42 Å². The third-order valence-electron chi connectivity index (χ3n) is 12.8. The lowest BCUT2D eigenvalue weighted by atomic mass is 9.95. The van der Waals surface area contributed by atoms with Crippen molar-refractivity contribution in [2.24, 2.45) is 0 Å². The third kappa shape index (κ3) is 5.66. The lowest BCUT2D eigenvalue weighted by Gasteiger charge is -2.31. The van der Waals surface area contributed by atoms with Gasteiger partial charge in [-0.15, -0.1) is 11.3 Å². The van der Waals surface area contributed by atoms with E-state index < -0.39 is 0 Å². The van der Waals surface area contributed by atoms with Gasteiger partial charge in [0.25, 0.3) is 0 Å². The number of furan rings is 1. The molecule has 3 heterocycles. The molecule has 3 nitrogen and oxygen atoms in total.